The Balaban J connectivity index is 1.49. The quantitative estimate of drug-likeness (QED) is 0.799. The average molecular weight is 287 g/mol. The molecule has 0 radical (unpaired) electrons. The highest BCUT2D eigenvalue weighted by molar-refractivity contribution is 5.78. The van der Waals surface area contributed by atoms with Crippen LogP contribution in [0.1, 0.15) is 25.7 Å². The van der Waals surface area contributed by atoms with Crippen LogP contribution < -0.4 is 9.47 Å². The minimum absolute atomic E-state index is 0.0673. The van der Waals surface area contributed by atoms with Crippen molar-refractivity contribution in [1.82, 2.24) is 4.90 Å². The van der Waals surface area contributed by atoms with E-state index >= 15 is 0 Å². The van der Waals surface area contributed by atoms with Crippen molar-refractivity contribution in [3.63, 3.8) is 0 Å². The van der Waals surface area contributed by atoms with Crippen LogP contribution in [0.4, 0.5) is 0 Å². The van der Waals surface area contributed by atoms with Gasteiger partial charge in [0.2, 0.25) is 0 Å². The first-order valence-corrected chi connectivity index (χ1v) is 7.50. The third kappa shape index (κ3) is 3.57. The highest BCUT2D eigenvalue weighted by Gasteiger charge is 2.24. The lowest BCUT2D eigenvalue weighted by molar-refractivity contribution is -0.133. The maximum Gasteiger partial charge on any atom is 0.260 e. The second-order valence-electron chi connectivity index (χ2n) is 5.56. The van der Waals surface area contributed by atoms with Gasteiger partial charge >= 0.3 is 0 Å². The summed E-state index contributed by atoms with van der Waals surface area (Å²) >= 11 is 0. The van der Waals surface area contributed by atoms with Crippen LogP contribution in [0.2, 0.25) is 0 Å². The normalized spacial score (nSPS) is 17.7. The zero-order chi connectivity index (χ0) is 14.7. The summed E-state index contributed by atoms with van der Waals surface area (Å²) in [5.74, 6) is 1.47. The van der Waals surface area contributed by atoms with E-state index in [1.165, 1.54) is 12.8 Å². The molecular formula is C17H21NO3. The smallest absolute Gasteiger partial charge is 0.260 e. The Morgan fingerprint density at radius 1 is 1.10 bits per heavy atom. The molecule has 0 N–H and O–H groups in total. The number of rotatable bonds is 4. The van der Waals surface area contributed by atoms with E-state index in [1.54, 1.807) is 24.3 Å². The summed E-state index contributed by atoms with van der Waals surface area (Å²) < 4.78 is 10.7. The monoisotopic (exact) mass is 287 g/mol. The molecule has 1 saturated heterocycles. The molecular weight excluding hydrogens is 266 g/mol. The number of carbonyl (C=O) groups is 1. The van der Waals surface area contributed by atoms with Crippen LogP contribution in [0.3, 0.4) is 0 Å². The van der Waals surface area contributed by atoms with Crippen molar-refractivity contribution in [2.75, 3.05) is 26.8 Å². The number of amides is 1. The van der Waals surface area contributed by atoms with Crippen molar-refractivity contribution in [2.45, 2.75) is 25.7 Å². The predicted molar refractivity (Wildman–Crippen MR) is 80.6 cm³/mol. The fraction of sp³-hybridized carbons (Fsp3) is 0.471. The van der Waals surface area contributed by atoms with E-state index in [1.807, 2.05) is 23.1 Å². The van der Waals surface area contributed by atoms with Gasteiger partial charge < -0.3 is 14.4 Å². The summed E-state index contributed by atoms with van der Waals surface area (Å²) in [6.45, 7) is 1.76. The Kier molecular flexibility index (Phi) is 4.13. The number of methoxy groups -OCH3 is 1. The molecule has 1 aromatic rings. The van der Waals surface area contributed by atoms with Gasteiger partial charge in [-0.15, -0.1) is 0 Å². The molecule has 112 valence electrons. The fourth-order valence-corrected chi connectivity index (χ4v) is 2.72. The third-order valence-electron chi connectivity index (χ3n) is 4.12. The standard InChI is InChI=1S/C17H21NO3/c1-20-15-3-2-4-16(11-15)21-12-17(19)18-9-7-14(8-10-18)13-5-6-13/h2-4,11H,5-10,12H2,1H3. The van der Waals surface area contributed by atoms with E-state index in [9.17, 15) is 4.79 Å². The van der Waals surface area contributed by atoms with Gasteiger partial charge in [-0.2, -0.15) is 0 Å². The average Bonchev–Trinajstić information content (AvgIpc) is 3.38. The van der Waals surface area contributed by atoms with Gasteiger partial charge in [0.1, 0.15) is 11.5 Å². The second-order valence-corrected chi connectivity index (χ2v) is 5.56. The van der Waals surface area contributed by atoms with Crippen LogP contribution in [0, 0.1) is 0 Å². The largest absolute Gasteiger partial charge is 0.497 e. The molecule has 0 aromatic heterocycles. The van der Waals surface area contributed by atoms with E-state index in [4.69, 9.17) is 9.47 Å². The van der Waals surface area contributed by atoms with Crippen molar-refractivity contribution >= 4 is 5.91 Å². The Morgan fingerprint density at radius 2 is 1.76 bits per heavy atom. The third-order valence-corrected chi connectivity index (χ3v) is 4.12. The number of hydrogen-bond acceptors (Lipinski definition) is 3. The molecule has 1 aromatic carbocycles. The molecule has 0 bridgehead atoms. The van der Waals surface area contributed by atoms with Gasteiger partial charge in [-0.25, -0.2) is 0 Å². The molecule has 2 aliphatic rings. The molecule has 0 atom stereocenters. The van der Waals surface area contributed by atoms with Gasteiger partial charge in [0, 0.05) is 19.2 Å². The summed E-state index contributed by atoms with van der Waals surface area (Å²) in [5, 5.41) is 0. The summed E-state index contributed by atoms with van der Waals surface area (Å²) in [6, 6.07) is 7.33. The van der Waals surface area contributed by atoms with Crippen molar-refractivity contribution in [2.24, 2.45) is 0 Å². The van der Waals surface area contributed by atoms with Gasteiger partial charge in [0.05, 0.1) is 7.11 Å². The lowest BCUT2D eigenvalue weighted by Crippen LogP contribution is -2.39. The molecule has 3 rings (SSSR count). The molecule has 1 saturated carbocycles. The molecule has 0 unspecified atom stereocenters. The molecule has 4 heteroatoms. The number of likely N-dealkylation sites (tertiary alicyclic amines) is 1. The van der Waals surface area contributed by atoms with Crippen LogP contribution >= 0.6 is 0 Å². The molecule has 1 heterocycles. The SMILES string of the molecule is COc1cccc(OCC(=O)N2CCC(=C3CC3)CC2)c1. The maximum absolute atomic E-state index is 12.2. The minimum atomic E-state index is 0.0673. The summed E-state index contributed by atoms with van der Waals surface area (Å²) in [6.07, 6.45) is 4.64. The number of carbonyl (C=O) groups excluding carboxylic acids is 1. The van der Waals surface area contributed by atoms with Crippen LogP contribution in [0.25, 0.3) is 0 Å². The number of benzene rings is 1. The lowest BCUT2D eigenvalue weighted by atomic mass is 10.0. The van der Waals surface area contributed by atoms with Crippen molar-refractivity contribution < 1.29 is 14.3 Å². The molecule has 1 aliphatic carbocycles. The summed E-state index contributed by atoms with van der Waals surface area (Å²) in [7, 11) is 1.62. The first-order chi connectivity index (χ1) is 10.3. The molecule has 0 spiro atoms. The number of piperidine rings is 1. The zero-order valence-electron chi connectivity index (χ0n) is 12.4. The van der Waals surface area contributed by atoms with E-state index in [-0.39, 0.29) is 12.5 Å². The molecule has 1 amide bonds. The Labute approximate surface area is 125 Å². The van der Waals surface area contributed by atoms with Crippen molar-refractivity contribution in [1.29, 1.82) is 0 Å². The van der Waals surface area contributed by atoms with Crippen LogP contribution in [-0.2, 0) is 4.79 Å². The number of hydrogen-bond donors (Lipinski definition) is 0. The molecule has 2 fully saturated rings. The first kappa shape index (κ1) is 14.0. The van der Waals surface area contributed by atoms with E-state index in [0.717, 1.165) is 31.7 Å². The van der Waals surface area contributed by atoms with Gasteiger partial charge in [0.15, 0.2) is 6.61 Å². The van der Waals surface area contributed by atoms with E-state index in [2.05, 4.69) is 0 Å². The topological polar surface area (TPSA) is 38.8 Å². The van der Waals surface area contributed by atoms with E-state index in [0.29, 0.717) is 5.75 Å². The highest BCUT2D eigenvalue weighted by Crippen LogP contribution is 2.36. The maximum atomic E-state index is 12.2. The molecule has 1 aliphatic heterocycles. The predicted octanol–water partition coefficient (Wildman–Crippen LogP) is 2.79. The van der Waals surface area contributed by atoms with Crippen LogP contribution in [-0.4, -0.2) is 37.6 Å². The van der Waals surface area contributed by atoms with Crippen molar-refractivity contribution in [3.8, 4) is 11.5 Å². The number of ether oxygens (including phenoxy) is 2. The number of nitrogens with zero attached hydrogens (tertiary/aromatic N) is 1. The van der Waals surface area contributed by atoms with Crippen LogP contribution in [0.15, 0.2) is 35.4 Å². The van der Waals surface area contributed by atoms with Gasteiger partial charge in [-0.05, 0) is 37.8 Å². The summed E-state index contributed by atoms with van der Waals surface area (Å²) in [4.78, 5) is 14.1. The van der Waals surface area contributed by atoms with Gasteiger partial charge in [0.25, 0.3) is 5.91 Å². The molecule has 21 heavy (non-hydrogen) atoms. The van der Waals surface area contributed by atoms with Crippen LogP contribution in [0.5, 0.6) is 11.5 Å². The van der Waals surface area contributed by atoms with E-state index < -0.39 is 0 Å². The Bertz CT molecular complexity index is 549. The number of allylic oxidation sites excluding steroid dienone is 1. The Morgan fingerprint density at radius 3 is 2.43 bits per heavy atom. The van der Waals surface area contributed by atoms with Gasteiger partial charge in [-0.1, -0.05) is 17.2 Å². The Hall–Kier alpha value is -1.97. The fourth-order valence-electron chi connectivity index (χ4n) is 2.72. The second kappa shape index (κ2) is 6.20. The van der Waals surface area contributed by atoms with Crippen molar-refractivity contribution in [3.05, 3.63) is 35.4 Å². The lowest BCUT2D eigenvalue weighted by Gasteiger charge is -2.28. The first-order valence-electron chi connectivity index (χ1n) is 7.50. The highest BCUT2D eigenvalue weighted by atomic mass is 16.5. The van der Waals surface area contributed by atoms with Gasteiger partial charge in [-0.3, -0.25) is 4.79 Å². The zero-order valence-corrected chi connectivity index (χ0v) is 12.4. The molecule has 4 nitrogen and oxygen atoms in total. The minimum Gasteiger partial charge on any atom is -0.497 e. The summed E-state index contributed by atoms with van der Waals surface area (Å²) in [5.41, 5.74) is 3.22.